The van der Waals surface area contributed by atoms with Crippen LogP contribution >= 0.6 is 0 Å². The van der Waals surface area contributed by atoms with Gasteiger partial charge >= 0.3 is 5.97 Å². The topological polar surface area (TPSA) is 75.0 Å². The van der Waals surface area contributed by atoms with Crippen LogP contribution in [0.1, 0.15) is 33.8 Å². The molecule has 1 aromatic heterocycles. The van der Waals surface area contributed by atoms with Crippen LogP contribution in [-0.2, 0) is 9.47 Å². The molecule has 0 radical (unpaired) electrons. The normalized spacial score (nSPS) is 16.2. The van der Waals surface area contributed by atoms with Crippen LogP contribution in [0, 0.1) is 0 Å². The van der Waals surface area contributed by atoms with E-state index in [2.05, 4.69) is 0 Å². The third-order valence-corrected chi connectivity index (χ3v) is 4.58. The largest absolute Gasteiger partial charge is 0.491 e. The molecule has 144 valence electrons. The van der Waals surface area contributed by atoms with E-state index in [1.54, 1.807) is 36.4 Å². The summed E-state index contributed by atoms with van der Waals surface area (Å²) in [5.74, 6) is -0.131. The van der Waals surface area contributed by atoms with Crippen LogP contribution in [0.2, 0.25) is 0 Å². The number of fused-ring (bicyclic) bond motifs is 1. The maximum atomic E-state index is 12.2. The van der Waals surface area contributed by atoms with E-state index >= 15 is 0 Å². The molecule has 3 aromatic rings. The Balaban J connectivity index is 1.29. The summed E-state index contributed by atoms with van der Waals surface area (Å²) in [6.45, 7) is 0.900. The van der Waals surface area contributed by atoms with Gasteiger partial charge in [-0.1, -0.05) is 18.2 Å². The molecule has 0 N–H and O–H groups in total. The van der Waals surface area contributed by atoms with Crippen LogP contribution in [0.25, 0.3) is 11.0 Å². The Labute approximate surface area is 162 Å². The van der Waals surface area contributed by atoms with Gasteiger partial charge in [0.25, 0.3) is 0 Å². The maximum absolute atomic E-state index is 12.2. The van der Waals surface area contributed by atoms with E-state index < -0.39 is 5.97 Å². The standard InChI is InChI=1S/C22H20O6/c23-19(21-12-16-4-1-2-6-20(16)28-21)14-27-22(24)15-7-9-17(10-8-15)26-13-18-5-3-11-25-18/h1-2,4,6-10,12,18H,3,5,11,13-14H2/t18-/m1/s1. The van der Waals surface area contributed by atoms with Crippen LogP contribution in [-0.4, -0.2) is 37.7 Å². The molecule has 1 saturated heterocycles. The number of benzene rings is 2. The van der Waals surface area contributed by atoms with Crippen LogP contribution in [0.5, 0.6) is 5.75 Å². The molecule has 1 aliphatic rings. The molecule has 0 aliphatic carbocycles. The summed E-state index contributed by atoms with van der Waals surface area (Å²) in [6.07, 6.45) is 2.20. The van der Waals surface area contributed by atoms with Gasteiger partial charge in [0.05, 0.1) is 11.7 Å². The van der Waals surface area contributed by atoms with Crippen molar-refractivity contribution in [2.45, 2.75) is 18.9 Å². The highest BCUT2D eigenvalue weighted by molar-refractivity contribution is 6.00. The molecular weight excluding hydrogens is 360 g/mol. The molecule has 1 fully saturated rings. The minimum Gasteiger partial charge on any atom is -0.491 e. The molecule has 1 atom stereocenters. The highest BCUT2D eigenvalue weighted by Crippen LogP contribution is 2.20. The summed E-state index contributed by atoms with van der Waals surface area (Å²) in [5.41, 5.74) is 0.970. The SMILES string of the molecule is O=C(OCC(=O)c1cc2ccccc2o1)c1ccc(OC[C@H]2CCCO2)cc1. The Hall–Kier alpha value is -3.12. The molecule has 0 bridgehead atoms. The number of carbonyl (C=O) groups excluding carboxylic acids is 2. The fourth-order valence-corrected chi connectivity index (χ4v) is 3.06. The van der Waals surface area contributed by atoms with Gasteiger partial charge in [0.1, 0.15) is 17.9 Å². The van der Waals surface area contributed by atoms with Crippen molar-refractivity contribution in [2.75, 3.05) is 19.8 Å². The van der Waals surface area contributed by atoms with Gasteiger partial charge in [-0.15, -0.1) is 0 Å². The second-order valence-corrected chi connectivity index (χ2v) is 6.62. The van der Waals surface area contributed by atoms with Crippen molar-refractivity contribution in [2.24, 2.45) is 0 Å². The van der Waals surface area contributed by atoms with Gasteiger partial charge in [-0.3, -0.25) is 4.79 Å². The van der Waals surface area contributed by atoms with Crippen molar-refractivity contribution in [3.05, 3.63) is 65.9 Å². The summed E-state index contributed by atoms with van der Waals surface area (Å²) in [4.78, 5) is 24.4. The second kappa shape index (κ2) is 8.27. The number of hydrogen-bond acceptors (Lipinski definition) is 6. The zero-order valence-corrected chi connectivity index (χ0v) is 15.3. The molecule has 0 saturated carbocycles. The molecule has 2 heterocycles. The maximum Gasteiger partial charge on any atom is 0.338 e. The Morgan fingerprint density at radius 3 is 2.64 bits per heavy atom. The lowest BCUT2D eigenvalue weighted by Crippen LogP contribution is -2.16. The minimum atomic E-state index is -0.574. The van der Waals surface area contributed by atoms with E-state index in [9.17, 15) is 9.59 Å². The van der Waals surface area contributed by atoms with Crippen molar-refractivity contribution >= 4 is 22.7 Å². The highest BCUT2D eigenvalue weighted by atomic mass is 16.5. The average molecular weight is 380 g/mol. The number of ether oxygens (including phenoxy) is 3. The predicted molar refractivity (Wildman–Crippen MR) is 102 cm³/mol. The molecule has 0 unspecified atom stereocenters. The fraction of sp³-hybridized carbons (Fsp3) is 0.273. The van der Waals surface area contributed by atoms with Crippen molar-refractivity contribution < 1.29 is 28.2 Å². The van der Waals surface area contributed by atoms with Crippen molar-refractivity contribution in [3.8, 4) is 5.75 Å². The van der Waals surface area contributed by atoms with E-state index in [1.807, 2.05) is 18.2 Å². The molecule has 0 amide bonds. The molecule has 4 rings (SSSR count). The Bertz CT molecular complexity index is 933. The number of para-hydroxylation sites is 1. The first kappa shape index (κ1) is 18.3. The molecule has 2 aromatic carbocycles. The number of Topliss-reactive ketones (excluding diaryl/α,β-unsaturated/α-hetero) is 1. The Kier molecular flexibility index (Phi) is 5.39. The van der Waals surface area contributed by atoms with Crippen LogP contribution in [0.4, 0.5) is 0 Å². The van der Waals surface area contributed by atoms with Crippen LogP contribution in [0.3, 0.4) is 0 Å². The van der Waals surface area contributed by atoms with E-state index in [-0.39, 0.29) is 24.3 Å². The number of carbonyl (C=O) groups is 2. The van der Waals surface area contributed by atoms with Gasteiger partial charge in [-0.05, 0) is 49.2 Å². The summed E-state index contributed by atoms with van der Waals surface area (Å²) in [6, 6.07) is 15.6. The number of rotatable bonds is 7. The third kappa shape index (κ3) is 4.23. The van der Waals surface area contributed by atoms with Crippen molar-refractivity contribution in [3.63, 3.8) is 0 Å². The number of hydrogen-bond donors (Lipinski definition) is 0. The molecule has 28 heavy (non-hydrogen) atoms. The predicted octanol–water partition coefficient (Wildman–Crippen LogP) is 4.03. The minimum absolute atomic E-state index is 0.133. The highest BCUT2D eigenvalue weighted by Gasteiger charge is 2.17. The number of furan rings is 1. The number of ketones is 1. The Morgan fingerprint density at radius 2 is 1.89 bits per heavy atom. The summed E-state index contributed by atoms with van der Waals surface area (Å²) >= 11 is 0. The van der Waals surface area contributed by atoms with E-state index in [4.69, 9.17) is 18.6 Å². The van der Waals surface area contributed by atoms with Gasteiger partial charge in [0, 0.05) is 12.0 Å². The lowest BCUT2D eigenvalue weighted by molar-refractivity contribution is 0.0468. The monoisotopic (exact) mass is 380 g/mol. The first-order chi connectivity index (χ1) is 13.7. The zero-order valence-electron chi connectivity index (χ0n) is 15.3. The summed E-state index contributed by atoms with van der Waals surface area (Å²) in [7, 11) is 0. The van der Waals surface area contributed by atoms with Crippen LogP contribution < -0.4 is 4.74 Å². The van der Waals surface area contributed by atoms with Crippen LogP contribution in [0.15, 0.2) is 59.0 Å². The van der Waals surface area contributed by atoms with E-state index in [1.165, 1.54) is 0 Å². The first-order valence-electron chi connectivity index (χ1n) is 9.22. The van der Waals surface area contributed by atoms with Crippen molar-refractivity contribution in [1.29, 1.82) is 0 Å². The van der Waals surface area contributed by atoms with E-state index in [0.717, 1.165) is 24.8 Å². The first-order valence-corrected chi connectivity index (χ1v) is 9.22. The van der Waals surface area contributed by atoms with Gasteiger partial charge in [-0.2, -0.15) is 0 Å². The lowest BCUT2D eigenvalue weighted by atomic mass is 10.2. The second-order valence-electron chi connectivity index (χ2n) is 6.62. The molecular formula is C22H20O6. The Morgan fingerprint density at radius 1 is 1.07 bits per heavy atom. The molecule has 1 aliphatic heterocycles. The third-order valence-electron chi connectivity index (χ3n) is 4.58. The quantitative estimate of drug-likeness (QED) is 0.455. The average Bonchev–Trinajstić information content (AvgIpc) is 3.40. The zero-order chi connectivity index (χ0) is 19.3. The van der Waals surface area contributed by atoms with E-state index in [0.29, 0.717) is 23.5 Å². The van der Waals surface area contributed by atoms with Crippen molar-refractivity contribution in [1.82, 2.24) is 0 Å². The molecule has 6 heteroatoms. The number of esters is 1. The van der Waals surface area contributed by atoms with Gasteiger partial charge in [-0.25, -0.2) is 4.79 Å². The fourth-order valence-electron chi connectivity index (χ4n) is 3.06. The smallest absolute Gasteiger partial charge is 0.338 e. The summed E-state index contributed by atoms with van der Waals surface area (Å²) in [5, 5.41) is 0.829. The summed E-state index contributed by atoms with van der Waals surface area (Å²) < 4.78 is 21.8. The van der Waals surface area contributed by atoms with Gasteiger partial charge in [0.15, 0.2) is 12.4 Å². The van der Waals surface area contributed by atoms with Gasteiger partial charge < -0.3 is 18.6 Å². The lowest BCUT2D eigenvalue weighted by Gasteiger charge is -2.11. The van der Waals surface area contributed by atoms with Gasteiger partial charge in [0.2, 0.25) is 5.78 Å². The molecule has 6 nitrogen and oxygen atoms in total. The molecule has 0 spiro atoms.